The predicted octanol–water partition coefficient (Wildman–Crippen LogP) is 4.95. The number of carbonyl (C=O) groups excluding carboxylic acids is 1. The average molecular weight is 459 g/mol. The van der Waals surface area contributed by atoms with Gasteiger partial charge in [0.1, 0.15) is 18.2 Å². The molecule has 1 aromatic heterocycles. The number of aromatic nitrogens is 1. The molecule has 6 heteroatoms. The maximum atomic E-state index is 12.8. The summed E-state index contributed by atoms with van der Waals surface area (Å²) in [5, 5.41) is 6.88. The fourth-order valence-corrected chi connectivity index (χ4v) is 5.03. The molecule has 2 heterocycles. The average Bonchev–Trinajstić information content (AvgIpc) is 2.76. The van der Waals surface area contributed by atoms with Gasteiger partial charge in [0.15, 0.2) is 0 Å². The molecule has 1 saturated heterocycles. The molecule has 2 aromatic carbocycles. The van der Waals surface area contributed by atoms with E-state index in [0.29, 0.717) is 18.0 Å². The van der Waals surface area contributed by atoms with E-state index < -0.39 is 0 Å². The summed E-state index contributed by atoms with van der Waals surface area (Å²) in [4.78, 5) is 17.0. The van der Waals surface area contributed by atoms with Gasteiger partial charge < -0.3 is 21.1 Å². The quantitative estimate of drug-likeness (QED) is 0.486. The maximum Gasteiger partial charge on any atom is 0.251 e. The molecule has 1 aliphatic rings. The van der Waals surface area contributed by atoms with Crippen LogP contribution in [0.5, 0.6) is 5.75 Å². The monoisotopic (exact) mass is 458 g/mol. The van der Waals surface area contributed by atoms with Crippen LogP contribution >= 0.6 is 0 Å². The molecule has 0 bridgehead atoms. The van der Waals surface area contributed by atoms with Crippen LogP contribution in [0.4, 0.5) is 5.82 Å². The molecule has 0 radical (unpaired) electrons. The molecular weight excluding hydrogens is 424 g/mol. The van der Waals surface area contributed by atoms with Gasteiger partial charge in [-0.05, 0) is 88.1 Å². The minimum Gasteiger partial charge on any atom is -0.489 e. The van der Waals surface area contributed by atoms with E-state index in [1.54, 1.807) is 6.20 Å². The van der Waals surface area contributed by atoms with Crippen LogP contribution < -0.4 is 21.1 Å². The summed E-state index contributed by atoms with van der Waals surface area (Å²) in [5.41, 5.74) is 9.47. The molecule has 3 aromatic rings. The fourth-order valence-electron chi connectivity index (χ4n) is 5.03. The maximum absolute atomic E-state index is 12.8. The molecule has 4 N–H and O–H groups in total. The third kappa shape index (κ3) is 5.94. The predicted molar refractivity (Wildman–Crippen MR) is 137 cm³/mol. The molecule has 1 amide bonds. The number of pyridine rings is 1. The highest BCUT2D eigenvalue weighted by atomic mass is 16.5. The Kier molecular flexibility index (Phi) is 6.62. The minimum atomic E-state index is -0.0345. The van der Waals surface area contributed by atoms with Gasteiger partial charge in [-0.3, -0.25) is 4.79 Å². The van der Waals surface area contributed by atoms with Crippen LogP contribution in [0.25, 0.3) is 11.1 Å². The van der Waals surface area contributed by atoms with Crippen molar-refractivity contribution >= 4 is 11.7 Å². The van der Waals surface area contributed by atoms with Crippen LogP contribution in [0.1, 0.15) is 56.5 Å². The number of hydrogen-bond acceptors (Lipinski definition) is 5. The summed E-state index contributed by atoms with van der Waals surface area (Å²) in [6.07, 6.45) is 3.48. The molecular formula is C28H34N4O2. The number of benzene rings is 2. The number of nitrogens with one attached hydrogen (secondary N) is 2. The highest BCUT2D eigenvalue weighted by Gasteiger charge is 2.38. The van der Waals surface area contributed by atoms with Crippen molar-refractivity contribution in [2.24, 2.45) is 0 Å². The largest absolute Gasteiger partial charge is 0.489 e. The highest BCUT2D eigenvalue weighted by molar-refractivity contribution is 5.94. The van der Waals surface area contributed by atoms with E-state index in [1.807, 2.05) is 60.7 Å². The molecule has 178 valence electrons. The van der Waals surface area contributed by atoms with Gasteiger partial charge in [-0.25, -0.2) is 4.98 Å². The van der Waals surface area contributed by atoms with Gasteiger partial charge in [0.2, 0.25) is 0 Å². The minimum absolute atomic E-state index is 0.0130. The Balaban J connectivity index is 1.36. The lowest BCUT2D eigenvalue weighted by Gasteiger charge is -2.46. The third-order valence-corrected chi connectivity index (χ3v) is 6.13. The zero-order chi connectivity index (χ0) is 24.3. The number of nitrogen functional groups attached to an aromatic ring is 1. The lowest BCUT2D eigenvalue weighted by atomic mass is 9.79. The molecule has 6 nitrogen and oxygen atoms in total. The van der Waals surface area contributed by atoms with E-state index in [0.717, 1.165) is 35.3 Å². The Bertz CT molecular complexity index is 1140. The van der Waals surface area contributed by atoms with Crippen molar-refractivity contribution in [3.8, 4) is 16.9 Å². The van der Waals surface area contributed by atoms with E-state index in [1.165, 1.54) is 0 Å². The summed E-state index contributed by atoms with van der Waals surface area (Å²) in [5.74, 6) is 1.21. The van der Waals surface area contributed by atoms with E-state index in [9.17, 15) is 4.79 Å². The molecule has 0 spiro atoms. The first-order chi connectivity index (χ1) is 16.1. The standard InChI is InChI=1S/C28H34N4O2/c1-27(2)16-22(17-28(3,4)32-27)31-26(33)20-12-10-19(11-13-20)18-34-23-8-5-7-21(15-23)24-9-6-14-30-25(24)29/h5-15,22,32H,16-18H2,1-4H3,(H2,29,30)(H,31,33). The van der Waals surface area contributed by atoms with Crippen molar-refractivity contribution in [2.45, 2.75) is 64.3 Å². The van der Waals surface area contributed by atoms with Crippen LogP contribution in [0.2, 0.25) is 0 Å². The second kappa shape index (κ2) is 9.47. The molecule has 34 heavy (non-hydrogen) atoms. The number of nitrogens with two attached hydrogens (primary N) is 1. The lowest BCUT2D eigenvalue weighted by molar-refractivity contribution is 0.0873. The van der Waals surface area contributed by atoms with Crippen molar-refractivity contribution in [2.75, 3.05) is 5.73 Å². The van der Waals surface area contributed by atoms with Crippen molar-refractivity contribution in [3.05, 3.63) is 78.0 Å². The summed E-state index contributed by atoms with van der Waals surface area (Å²) in [7, 11) is 0. The molecule has 0 unspecified atom stereocenters. The van der Waals surface area contributed by atoms with Crippen LogP contribution in [0, 0.1) is 0 Å². The van der Waals surface area contributed by atoms with E-state index in [2.05, 4.69) is 43.3 Å². The van der Waals surface area contributed by atoms with Gasteiger partial charge in [-0.15, -0.1) is 0 Å². The van der Waals surface area contributed by atoms with E-state index in [-0.39, 0.29) is 23.0 Å². The zero-order valence-corrected chi connectivity index (χ0v) is 20.4. The number of anilines is 1. The van der Waals surface area contributed by atoms with Crippen LogP contribution in [-0.4, -0.2) is 28.0 Å². The summed E-state index contributed by atoms with van der Waals surface area (Å²) in [6, 6.07) is 19.3. The van der Waals surface area contributed by atoms with Gasteiger partial charge in [-0.1, -0.05) is 24.3 Å². The van der Waals surface area contributed by atoms with Gasteiger partial charge in [0.25, 0.3) is 5.91 Å². The number of carbonyl (C=O) groups is 1. The van der Waals surface area contributed by atoms with Crippen molar-refractivity contribution in [1.29, 1.82) is 0 Å². The number of hydrogen-bond donors (Lipinski definition) is 3. The van der Waals surface area contributed by atoms with Gasteiger partial charge >= 0.3 is 0 Å². The SMILES string of the molecule is CC1(C)CC(NC(=O)c2ccc(COc3cccc(-c4cccnc4N)c3)cc2)CC(C)(C)N1. The first-order valence-corrected chi connectivity index (χ1v) is 11.7. The zero-order valence-electron chi connectivity index (χ0n) is 20.4. The Morgan fingerprint density at radius 1 is 1.06 bits per heavy atom. The molecule has 4 rings (SSSR count). The highest BCUT2D eigenvalue weighted by Crippen LogP contribution is 2.29. The van der Waals surface area contributed by atoms with Crippen LogP contribution in [0.15, 0.2) is 66.9 Å². The molecule has 0 atom stereocenters. The Morgan fingerprint density at radius 3 is 2.44 bits per heavy atom. The topological polar surface area (TPSA) is 89.3 Å². The van der Waals surface area contributed by atoms with Gasteiger partial charge in [0.05, 0.1) is 0 Å². The first kappa shape index (κ1) is 23.8. The summed E-state index contributed by atoms with van der Waals surface area (Å²) in [6.45, 7) is 9.14. The number of ether oxygens (including phenoxy) is 1. The number of nitrogens with zero attached hydrogens (tertiary/aromatic N) is 1. The Morgan fingerprint density at radius 2 is 1.76 bits per heavy atom. The van der Waals surface area contributed by atoms with Gasteiger partial charge in [0, 0.05) is 34.4 Å². The van der Waals surface area contributed by atoms with Crippen LogP contribution in [0.3, 0.4) is 0 Å². The number of amides is 1. The van der Waals surface area contributed by atoms with E-state index in [4.69, 9.17) is 10.5 Å². The third-order valence-electron chi connectivity index (χ3n) is 6.13. The summed E-state index contributed by atoms with van der Waals surface area (Å²) < 4.78 is 5.99. The Hall–Kier alpha value is -3.38. The first-order valence-electron chi connectivity index (χ1n) is 11.7. The van der Waals surface area contributed by atoms with Crippen molar-refractivity contribution in [3.63, 3.8) is 0 Å². The van der Waals surface area contributed by atoms with Crippen molar-refractivity contribution in [1.82, 2.24) is 15.6 Å². The molecule has 0 saturated carbocycles. The second-order valence-corrected chi connectivity index (χ2v) is 10.4. The van der Waals surface area contributed by atoms with Crippen LogP contribution in [-0.2, 0) is 6.61 Å². The molecule has 0 aliphatic carbocycles. The summed E-state index contributed by atoms with van der Waals surface area (Å²) >= 11 is 0. The fraction of sp³-hybridized carbons (Fsp3) is 0.357. The Labute approximate surface area is 201 Å². The normalized spacial score (nSPS) is 17.2. The number of piperidine rings is 1. The second-order valence-electron chi connectivity index (χ2n) is 10.4. The lowest BCUT2D eigenvalue weighted by Crippen LogP contribution is -2.62. The smallest absolute Gasteiger partial charge is 0.251 e. The molecule has 1 aliphatic heterocycles. The number of rotatable bonds is 6. The van der Waals surface area contributed by atoms with E-state index >= 15 is 0 Å². The van der Waals surface area contributed by atoms with Gasteiger partial charge in [-0.2, -0.15) is 0 Å². The van der Waals surface area contributed by atoms with Crippen molar-refractivity contribution < 1.29 is 9.53 Å². The molecule has 1 fully saturated rings.